The molecular formula is C9H10O4. The Morgan fingerprint density at radius 1 is 1.23 bits per heavy atom. The van der Waals surface area contributed by atoms with E-state index in [4.69, 9.17) is 10.2 Å². The number of hydrogen-bond acceptors (Lipinski definition) is 2. The third-order valence-corrected chi connectivity index (χ3v) is 1.30. The molecule has 0 aromatic heterocycles. The van der Waals surface area contributed by atoms with Gasteiger partial charge >= 0.3 is 11.9 Å². The highest BCUT2D eigenvalue weighted by molar-refractivity contribution is 6.13. The lowest BCUT2D eigenvalue weighted by Crippen LogP contribution is -2.12. The number of allylic oxidation sites excluding steroid dienone is 4. The van der Waals surface area contributed by atoms with Crippen LogP contribution >= 0.6 is 0 Å². The lowest BCUT2D eigenvalue weighted by molar-refractivity contribution is -0.140. The average Bonchev–Trinajstić information content (AvgIpc) is 1.99. The number of rotatable bonds is 4. The molecule has 0 aliphatic carbocycles. The first-order valence-electron chi connectivity index (χ1n) is 3.47. The summed E-state index contributed by atoms with van der Waals surface area (Å²) in [5.74, 6) is -2.89. The van der Waals surface area contributed by atoms with Crippen molar-refractivity contribution in [2.24, 2.45) is 0 Å². The van der Waals surface area contributed by atoms with E-state index in [-0.39, 0.29) is 5.57 Å². The molecule has 2 N–H and O–H groups in total. The zero-order chi connectivity index (χ0) is 10.4. The molecule has 13 heavy (non-hydrogen) atoms. The largest absolute Gasteiger partial charge is 0.477 e. The van der Waals surface area contributed by atoms with Crippen LogP contribution in [0.3, 0.4) is 0 Å². The van der Waals surface area contributed by atoms with Crippen molar-refractivity contribution in [2.75, 3.05) is 0 Å². The molecule has 0 aliphatic heterocycles. The Hall–Kier alpha value is -1.84. The van der Waals surface area contributed by atoms with Gasteiger partial charge in [0.15, 0.2) is 0 Å². The Balaban J connectivity index is 5.09. The van der Waals surface area contributed by atoms with Crippen LogP contribution in [0.2, 0.25) is 0 Å². The van der Waals surface area contributed by atoms with Crippen molar-refractivity contribution in [1.82, 2.24) is 0 Å². The van der Waals surface area contributed by atoms with Crippen molar-refractivity contribution in [3.8, 4) is 0 Å². The van der Waals surface area contributed by atoms with Gasteiger partial charge in [0.1, 0.15) is 5.57 Å². The summed E-state index contributed by atoms with van der Waals surface area (Å²) in [6.45, 7) is 4.79. The Labute approximate surface area is 75.5 Å². The predicted octanol–water partition coefficient (Wildman–Crippen LogP) is 1.21. The van der Waals surface area contributed by atoms with Crippen LogP contribution in [0.15, 0.2) is 36.0 Å². The van der Waals surface area contributed by atoms with Crippen LogP contribution in [0.25, 0.3) is 0 Å². The Bertz CT molecular complexity index is 281. The fourth-order valence-corrected chi connectivity index (χ4v) is 0.725. The standard InChI is InChI=1S/C9H10O4/c1-3-4-5-6(2)7(8(10)11)9(12)13/h3-5H,1H2,2H3,(H,10,11)(H,12,13). The highest BCUT2D eigenvalue weighted by Gasteiger charge is 2.17. The maximum atomic E-state index is 10.4. The number of aliphatic carboxylic acids is 2. The molecular weight excluding hydrogens is 172 g/mol. The van der Waals surface area contributed by atoms with Crippen molar-refractivity contribution in [2.45, 2.75) is 6.92 Å². The highest BCUT2D eigenvalue weighted by Crippen LogP contribution is 2.06. The smallest absolute Gasteiger partial charge is 0.343 e. The molecule has 0 radical (unpaired) electrons. The third-order valence-electron chi connectivity index (χ3n) is 1.30. The summed E-state index contributed by atoms with van der Waals surface area (Å²) >= 11 is 0. The molecule has 0 saturated carbocycles. The van der Waals surface area contributed by atoms with Crippen molar-refractivity contribution in [3.63, 3.8) is 0 Å². The van der Waals surface area contributed by atoms with Gasteiger partial charge in [0.2, 0.25) is 0 Å². The van der Waals surface area contributed by atoms with Gasteiger partial charge in [-0.2, -0.15) is 0 Å². The molecule has 0 bridgehead atoms. The van der Waals surface area contributed by atoms with Crippen LogP contribution in [-0.4, -0.2) is 22.2 Å². The second-order valence-electron chi connectivity index (χ2n) is 2.26. The van der Waals surface area contributed by atoms with Gasteiger partial charge in [-0.3, -0.25) is 0 Å². The summed E-state index contributed by atoms with van der Waals surface area (Å²) in [6.07, 6.45) is 4.29. The summed E-state index contributed by atoms with van der Waals surface area (Å²) in [4.78, 5) is 20.9. The minimum atomic E-state index is -1.45. The fraction of sp³-hybridized carbons (Fsp3) is 0.111. The van der Waals surface area contributed by atoms with Crippen molar-refractivity contribution in [1.29, 1.82) is 0 Å². The average molecular weight is 182 g/mol. The monoisotopic (exact) mass is 182 g/mol. The molecule has 0 aromatic carbocycles. The van der Waals surface area contributed by atoms with Crippen LogP contribution in [0.5, 0.6) is 0 Å². The minimum absolute atomic E-state index is 0.180. The summed E-state index contributed by atoms with van der Waals surface area (Å²) in [6, 6.07) is 0. The van der Waals surface area contributed by atoms with E-state index in [0.29, 0.717) is 0 Å². The molecule has 0 aromatic rings. The van der Waals surface area contributed by atoms with Gasteiger partial charge < -0.3 is 10.2 Å². The molecule has 4 nitrogen and oxygen atoms in total. The predicted molar refractivity (Wildman–Crippen MR) is 47.3 cm³/mol. The molecule has 0 amide bonds. The van der Waals surface area contributed by atoms with Crippen molar-refractivity contribution < 1.29 is 19.8 Å². The summed E-state index contributed by atoms with van der Waals surface area (Å²) < 4.78 is 0. The first kappa shape index (κ1) is 11.2. The Kier molecular flexibility index (Phi) is 4.23. The van der Waals surface area contributed by atoms with E-state index >= 15 is 0 Å². The second kappa shape index (κ2) is 4.92. The Morgan fingerprint density at radius 2 is 1.69 bits per heavy atom. The van der Waals surface area contributed by atoms with Gasteiger partial charge in [-0.25, -0.2) is 9.59 Å². The second-order valence-corrected chi connectivity index (χ2v) is 2.26. The number of carbonyl (C=O) groups is 2. The molecule has 4 heteroatoms. The quantitative estimate of drug-likeness (QED) is 0.296. The summed E-state index contributed by atoms with van der Waals surface area (Å²) in [7, 11) is 0. The van der Waals surface area contributed by atoms with Gasteiger partial charge in [0.25, 0.3) is 0 Å². The molecule has 0 spiro atoms. The maximum absolute atomic E-state index is 10.4. The van der Waals surface area contributed by atoms with E-state index < -0.39 is 17.5 Å². The lowest BCUT2D eigenvalue weighted by atomic mass is 10.1. The molecule has 0 fully saturated rings. The van der Waals surface area contributed by atoms with Crippen LogP contribution in [0, 0.1) is 0 Å². The molecule has 0 atom stereocenters. The first-order valence-corrected chi connectivity index (χ1v) is 3.47. The SMILES string of the molecule is C=CC=CC(C)=C(C(=O)O)C(=O)O. The zero-order valence-electron chi connectivity index (χ0n) is 7.15. The molecule has 0 heterocycles. The number of carboxylic acids is 2. The van der Waals surface area contributed by atoms with Crippen molar-refractivity contribution in [3.05, 3.63) is 36.0 Å². The maximum Gasteiger partial charge on any atom is 0.343 e. The summed E-state index contributed by atoms with van der Waals surface area (Å²) in [5.41, 5.74) is -0.446. The van der Waals surface area contributed by atoms with Gasteiger partial charge in [0, 0.05) is 0 Å². The Morgan fingerprint density at radius 3 is 2.00 bits per heavy atom. The minimum Gasteiger partial charge on any atom is -0.477 e. The van der Waals surface area contributed by atoms with Crippen LogP contribution in [0.1, 0.15) is 6.92 Å². The van der Waals surface area contributed by atoms with Crippen LogP contribution < -0.4 is 0 Å². The summed E-state index contributed by atoms with van der Waals surface area (Å²) in [5, 5.41) is 17.0. The molecule has 0 rings (SSSR count). The van der Waals surface area contributed by atoms with Gasteiger partial charge in [-0.05, 0) is 12.5 Å². The van der Waals surface area contributed by atoms with E-state index in [9.17, 15) is 9.59 Å². The third kappa shape index (κ3) is 3.37. The van der Waals surface area contributed by atoms with Crippen LogP contribution in [0.4, 0.5) is 0 Å². The molecule has 0 unspecified atom stereocenters. The first-order chi connectivity index (χ1) is 6.00. The molecule has 70 valence electrons. The fourth-order valence-electron chi connectivity index (χ4n) is 0.725. The van der Waals surface area contributed by atoms with Crippen molar-refractivity contribution >= 4 is 11.9 Å². The van der Waals surface area contributed by atoms with Crippen LogP contribution in [-0.2, 0) is 9.59 Å². The zero-order valence-corrected chi connectivity index (χ0v) is 7.15. The van der Waals surface area contributed by atoms with Gasteiger partial charge in [-0.1, -0.05) is 24.8 Å². The van der Waals surface area contributed by atoms with E-state index in [0.717, 1.165) is 0 Å². The highest BCUT2D eigenvalue weighted by atomic mass is 16.4. The topological polar surface area (TPSA) is 74.6 Å². The lowest BCUT2D eigenvalue weighted by Gasteiger charge is -1.97. The van der Waals surface area contributed by atoms with Gasteiger partial charge in [-0.15, -0.1) is 0 Å². The van der Waals surface area contributed by atoms with Gasteiger partial charge in [0.05, 0.1) is 0 Å². The normalized spacial score (nSPS) is 9.62. The molecule has 0 saturated heterocycles. The van der Waals surface area contributed by atoms with E-state index in [1.54, 1.807) is 0 Å². The molecule has 0 aliphatic rings. The number of carboxylic acid groups (broad SMARTS) is 2. The number of hydrogen-bond donors (Lipinski definition) is 2. The van der Waals surface area contributed by atoms with E-state index in [2.05, 4.69) is 6.58 Å². The van der Waals surface area contributed by atoms with E-state index in [1.165, 1.54) is 25.2 Å². The van der Waals surface area contributed by atoms with E-state index in [1.807, 2.05) is 0 Å².